The third-order valence-corrected chi connectivity index (χ3v) is 3.37. The number of pyridine rings is 1. The minimum atomic E-state index is -0.361. The van der Waals surface area contributed by atoms with Gasteiger partial charge in [-0.25, -0.2) is 4.98 Å². The van der Waals surface area contributed by atoms with Crippen LogP contribution in [0.2, 0.25) is 0 Å². The van der Waals surface area contributed by atoms with Crippen molar-refractivity contribution in [3.8, 4) is 0 Å². The standard InChI is InChI=1S/C12H18N4O2/c1-9-3-6-13-12(11(9)16(17)18)14-10-4-7-15(2)8-5-10/h3,6,10H,4-5,7-8H2,1-2H3,(H,13,14). The highest BCUT2D eigenvalue weighted by Gasteiger charge is 2.23. The number of piperidine rings is 1. The molecule has 2 heterocycles. The Morgan fingerprint density at radius 1 is 1.50 bits per heavy atom. The summed E-state index contributed by atoms with van der Waals surface area (Å²) in [5.74, 6) is 0.398. The molecule has 0 radical (unpaired) electrons. The summed E-state index contributed by atoms with van der Waals surface area (Å²) in [6, 6.07) is 1.94. The Morgan fingerprint density at radius 3 is 2.78 bits per heavy atom. The molecule has 0 bridgehead atoms. The molecule has 0 atom stereocenters. The van der Waals surface area contributed by atoms with Gasteiger partial charge in [-0.1, -0.05) is 0 Å². The van der Waals surface area contributed by atoms with Crippen LogP contribution in [0.25, 0.3) is 0 Å². The minimum absolute atomic E-state index is 0.0939. The zero-order chi connectivity index (χ0) is 13.1. The van der Waals surface area contributed by atoms with E-state index in [0.717, 1.165) is 25.9 Å². The topological polar surface area (TPSA) is 71.3 Å². The zero-order valence-corrected chi connectivity index (χ0v) is 10.7. The smallest absolute Gasteiger partial charge is 0.314 e. The predicted octanol–water partition coefficient (Wildman–Crippen LogP) is 1.80. The van der Waals surface area contributed by atoms with E-state index in [4.69, 9.17) is 0 Å². The molecule has 1 N–H and O–H groups in total. The fourth-order valence-corrected chi connectivity index (χ4v) is 2.23. The van der Waals surface area contributed by atoms with Gasteiger partial charge in [-0.2, -0.15) is 0 Å². The van der Waals surface area contributed by atoms with Crippen LogP contribution >= 0.6 is 0 Å². The maximum absolute atomic E-state index is 11.1. The van der Waals surface area contributed by atoms with Gasteiger partial charge in [-0.3, -0.25) is 10.1 Å². The fourth-order valence-electron chi connectivity index (χ4n) is 2.23. The van der Waals surface area contributed by atoms with E-state index in [-0.39, 0.29) is 16.7 Å². The number of anilines is 1. The van der Waals surface area contributed by atoms with Crippen molar-refractivity contribution in [2.24, 2.45) is 0 Å². The highest BCUT2D eigenvalue weighted by molar-refractivity contribution is 5.60. The van der Waals surface area contributed by atoms with Crippen molar-refractivity contribution in [2.45, 2.75) is 25.8 Å². The predicted molar refractivity (Wildman–Crippen MR) is 69.8 cm³/mol. The van der Waals surface area contributed by atoms with E-state index in [1.165, 1.54) is 0 Å². The van der Waals surface area contributed by atoms with E-state index in [1.54, 1.807) is 19.2 Å². The van der Waals surface area contributed by atoms with Crippen LogP contribution in [0.15, 0.2) is 12.3 Å². The number of hydrogen-bond acceptors (Lipinski definition) is 5. The molecule has 0 amide bonds. The molecule has 0 saturated carbocycles. The van der Waals surface area contributed by atoms with Crippen molar-refractivity contribution in [3.63, 3.8) is 0 Å². The van der Waals surface area contributed by atoms with Crippen molar-refractivity contribution in [1.29, 1.82) is 0 Å². The lowest BCUT2D eigenvalue weighted by atomic mass is 10.1. The molecular weight excluding hydrogens is 232 g/mol. The lowest BCUT2D eigenvalue weighted by molar-refractivity contribution is -0.384. The normalized spacial score (nSPS) is 17.7. The van der Waals surface area contributed by atoms with Crippen LogP contribution in [0.5, 0.6) is 0 Å². The highest BCUT2D eigenvalue weighted by Crippen LogP contribution is 2.27. The van der Waals surface area contributed by atoms with E-state index in [0.29, 0.717) is 11.4 Å². The first kappa shape index (κ1) is 12.8. The Morgan fingerprint density at radius 2 is 2.17 bits per heavy atom. The number of aryl methyl sites for hydroxylation is 1. The van der Waals surface area contributed by atoms with Crippen LogP contribution < -0.4 is 5.32 Å². The summed E-state index contributed by atoms with van der Waals surface area (Å²) in [4.78, 5) is 17.1. The molecule has 1 aliphatic rings. The van der Waals surface area contributed by atoms with E-state index in [1.807, 2.05) is 0 Å². The Labute approximate surface area is 106 Å². The Hall–Kier alpha value is -1.69. The molecule has 1 aromatic heterocycles. The van der Waals surface area contributed by atoms with Crippen molar-refractivity contribution < 1.29 is 4.92 Å². The second-order valence-electron chi connectivity index (χ2n) is 4.80. The molecule has 98 valence electrons. The van der Waals surface area contributed by atoms with E-state index in [2.05, 4.69) is 22.2 Å². The van der Waals surface area contributed by atoms with Gasteiger partial charge < -0.3 is 10.2 Å². The van der Waals surface area contributed by atoms with Crippen molar-refractivity contribution in [3.05, 3.63) is 27.9 Å². The molecule has 6 nitrogen and oxygen atoms in total. The Bertz CT molecular complexity index is 442. The lowest BCUT2D eigenvalue weighted by Crippen LogP contribution is -2.37. The Kier molecular flexibility index (Phi) is 3.76. The number of nitro groups is 1. The number of likely N-dealkylation sites (tertiary alicyclic amines) is 1. The Balaban J connectivity index is 2.14. The summed E-state index contributed by atoms with van der Waals surface area (Å²) in [6.07, 6.45) is 3.59. The van der Waals surface area contributed by atoms with Gasteiger partial charge in [0, 0.05) is 17.8 Å². The molecule has 1 fully saturated rings. The molecule has 18 heavy (non-hydrogen) atoms. The van der Waals surface area contributed by atoms with E-state index in [9.17, 15) is 10.1 Å². The number of nitrogens with one attached hydrogen (secondary N) is 1. The van der Waals surface area contributed by atoms with Crippen LogP contribution in [0.3, 0.4) is 0 Å². The second-order valence-corrected chi connectivity index (χ2v) is 4.80. The molecular formula is C12H18N4O2. The summed E-state index contributed by atoms with van der Waals surface area (Å²) in [7, 11) is 2.09. The van der Waals surface area contributed by atoms with Crippen molar-refractivity contribution in [1.82, 2.24) is 9.88 Å². The zero-order valence-electron chi connectivity index (χ0n) is 10.7. The molecule has 0 aliphatic carbocycles. The van der Waals surface area contributed by atoms with Gasteiger partial charge in [0.1, 0.15) is 0 Å². The molecule has 1 saturated heterocycles. The van der Waals surface area contributed by atoms with Gasteiger partial charge in [0.05, 0.1) is 4.92 Å². The van der Waals surface area contributed by atoms with Gasteiger partial charge >= 0.3 is 5.69 Å². The fraction of sp³-hybridized carbons (Fsp3) is 0.583. The first-order valence-electron chi connectivity index (χ1n) is 6.13. The molecule has 1 aromatic rings. The van der Waals surface area contributed by atoms with Gasteiger partial charge in [0.15, 0.2) is 0 Å². The number of rotatable bonds is 3. The van der Waals surface area contributed by atoms with Crippen LogP contribution in [0.1, 0.15) is 18.4 Å². The van der Waals surface area contributed by atoms with Crippen LogP contribution in [-0.4, -0.2) is 41.0 Å². The first-order chi connectivity index (χ1) is 8.58. The monoisotopic (exact) mass is 250 g/mol. The highest BCUT2D eigenvalue weighted by atomic mass is 16.6. The molecule has 6 heteroatoms. The van der Waals surface area contributed by atoms with Crippen LogP contribution in [-0.2, 0) is 0 Å². The number of hydrogen-bond donors (Lipinski definition) is 1. The van der Waals surface area contributed by atoms with E-state index < -0.39 is 0 Å². The minimum Gasteiger partial charge on any atom is -0.362 e. The first-order valence-corrected chi connectivity index (χ1v) is 6.13. The molecule has 2 rings (SSSR count). The van der Waals surface area contributed by atoms with Crippen LogP contribution in [0, 0.1) is 17.0 Å². The SMILES string of the molecule is Cc1ccnc(NC2CCN(C)CC2)c1[N+](=O)[O-]. The third kappa shape index (κ3) is 2.76. The summed E-state index contributed by atoms with van der Waals surface area (Å²) in [5.41, 5.74) is 0.738. The summed E-state index contributed by atoms with van der Waals surface area (Å²) in [6.45, 7) is 3.76. The van der Waals surface area contributed by atoms with Gasteiger partial charge in [0.25, 0.3) is 0 Å². The second kappa shape index (κ2) is 5.30. The van der Waals surface area contributed by atoms with Crippen molar-refractivity contribution >= 4 is 11.5 Å². The molecule has 1 aliphatic heterocycles. The molecule has 0 aromatic carbocycles. The average Bonchev–Trinajstić information content (AvgIpc) is 2.32. The van der Waals surface area contributed by atoms with Gasteiger partial charge in [0.2, 0.25) is 5.82 Å². The van der Waals surface area contributed by atoms with Crippen LogP contribution in [0.4, 0.5) is 11.5 Å². The number of nitrogens with zero attached hydrogens (tertiary/aromatic N) is 3. The average molecular weight is 250 g/mol. The molecule has 0 spiro atoms. The van der Waals surface area contributed by atoms with Gasteiger partial charge in [-0.05, 0) is 46.0 Å². The maximum Gasteiger partial charge on any atom is 0.314 e. The van der Waals surface area contributed by atoms with Gasteiger partial charge in [-0.15, -0.1) is 0 Å². The summed E-state index contributed by atoms with van der Waals surface area (Å²) >= 11 is 0. The third-order valence-electron chi connectivity index (χ3n) is 3.37. The largest absolute Gasteiger partial charge is 0.362 e. The number of aromatic nitrogens is 1. The quantitative estimate of drug-likeness (QED) is 0.654. The summed E-state index contributed by atoms with van der Waals surface area (Å²) in [5, 5.41) is 14.3. The molecule has 0 unspecified atom stereocenters. The van der Waals surface area contributed by atoms with Crippen molar-refractivity contribution in [2.75, 3.05) is 25.5 Å². The summed E-state index contributed by atoms with van der Waals surface area (Å²) < 4.78 is 0. The van der Waals surface area contributed by atoms with E-state index >= 15 is 0 Å². The maximum atomic E-state index is 11.1. The lowest BCUT2D eigenvalue weighted by Gasteiger charge is -2.29.